The number of piperazine rings is 1. The Labute approximate surface area is 205 Å². The van der Waals surface area contributed by atoms with Crippen LogP contribution in [0.4, 0.5) is 4.39 Å². The number of hydrogen-bond donors (Lipinski definition) is 0. The van der Waals surface area contributed by atoms with Gasteiger partial charge in [0.15, 0.2) is 5.01 Å². The third-order valence-corrected chi connectivity index (χ3v) is 8.66. The zero-order valence-electron chi connectivity index (χ0n) is 18.8. The molecule has 0 N–H and O–H groups in total. The number of fused-ring (bicyclic) bond motifs is 1. The van der Waals surface area contributed by atoms with Gasteiger partial charge in [0.1, 0.15) is 11.6 Å². The van der Waals surface area contributed by atoms with E-state index in [4.69, 9.17) is 4.74 Å². The second-order valence-electron chi connectivity index (χ2n) is 8.02. The van der Waals surface area contributed by atoms with E-state index in [1.165, 1.54) is 38.4 Å². The fourth-order valence-corrected chi connectivity index (χ4v) is 6.36. The molecule has 0 radical (unpaired) electrons. The number of ether oxygens (including phenoxy) is 1. The Morgan fingerprint density at radius 1 is 1.06 bits per heavy atom. The quantitative estimate of drug-likeness (QED) is 0.389. The molecule has 35 heavy (non-hydrogen) atoms. The predicted molar refractivity (Wildman–Crippen MR) is 130 cm³/mol. The van der Waals surface area contributed by atoms with Gasteiger partial charge in [-0.2, -0.15) is 13.9 Å². The molecular formula is C23H22FN5O4S2. The molecule has 12 heteroatoms. The summed E-state index contributed by atoms with van der Waals surface area (Å²) >= 11 is 1.30. The molecule has 3 heterocycles. The van der Waals surface area contributed by atoms with Crippen LogP contribution in [-0.2, 0) is 16.6 Å². The van der Waals surface area contributed by atoms with E-state index in [-0.39, 0.29) is 10.5 Å². The van der Waals surface area contributed by atoms with Crippen molar-refractivity contribution in [3.8, 4) is 16.3 Å². The molecule has 0 bridgehead atoms. The minimum atomic E-state index is -3.69. The fourth-order valence-electron chi connectivity index (χ4n) is 3.98. The van der Waals surface area contributed by atoms with Crippen molar-refractivity contribution < 1.29 is 17.5 Å². The lowest BCUT2D eigenvalue weighted by Gasteiger charge is -2.33. The van der Waals surface area contributed by atoms with Crippen molar-refractivity contribution >= 4 is 26.3 Å². The first kappa shape index (κ1) is 23.5. The van der Waals surface area contributed by atoms with E-state index in [9.17, 15) is 17.6 Å². The van der Waals surface area contributed by atoms with Crippen molar-refractivity contribution in [3.05, 3.63) is 76.5 Å². The predicted octanol–water partition coefficient (Wildman–Crippen LogP) is 2.47. The summed E-state index contributed by atoms with van der Waals surface area (Å²) in [5.74, 6) is 0.179. The summed E-state index contributed by atoms with van der Waals surface area (Å²) in [6.07, 6.45) is 0. The van der Waals surface area contributed by atoms with Crippen LogP contribution in [0.3, 0.4) is 0 Å². The van der Waals surface area contributed by atoms with Gasteiger partial charge in [0.2, 0.25) is 15.0 Å². The third kappa shape index (κ3) is 4.69. The van der Waals surface area contributed by atoms with Gasteiger partial charge in [0.05, 0.1) is 23.3 Å². The molecule has 0 unspecified atom stereocenters. The summed E-state index contributed by atoms with van der Waals surface area (Å²) in [5.41, 5.74) is 1.10. The summed E-state index contributed by atoms with van der Waals surface area (Å²) in [7, 11) is -2.10. The molecule has 9 nitrogen and oxygen atoms in total. The lowest BCUT2D eigenvalue weighted by Crippen LogP contribution is -2.48. The Morgan fingerprint density at radius 2 is 1.77 bits per heavy atom. The van der Waals surface area contributed by atoms with Crippen molar-refractivity contribution in [2.75, 3.05) is 33.3 Å². The van der Waals surface area contributed by atoms with Gasteiger partial charge in [0.25, 0.3) is 5.56 Å². The van der Waals surface area contributed by atoms with Crippen LogP contribution in [0, 0.1) is 5.82 Å². The normalized spacial score (nSPS) is 15.5. The molecule has 5 rings (SSSR count). The van der Waals surface area contributed by atoms with Crippen LogP contribution >= 0.6 is 11.3 Å². The molecule has 2 aromatic carbocycles. The maximum Gasteiger partial charge on any atom is 0.275 e. The van der Waals surface area contributed by atoms with E-state index >= 15 is 0 Å². The topological polar surface area (TPSA) is 97.1 Å². The molecule has 1 aliphatic rings. The average Bonchev–Trinajstić information content (AvgIpc) is 3.29. The summed E-state index contributed by atoms with van der Waals surface area (Å²) in [6.45, 7) is 1.96. The molecule has 1 aliphatic heterocycles. The van der Waals surface area contributed by atoms with E-state index in [0.717, 1.165) is 17.7 Å². The van der Waals surface area contributed by atoms with Crippen LogP contribution in [0.5, 0.6) is 5.75 Å². The maximum atomic E-state index is 13.2. The molecule has 0 amide bonds. The summed E-state index contributed by atoms with van der Waals surface area (Å²) < 4.78 is 46.9. The van der Waals surface area contributed by atoms with Crippen LogP contribution in [0.1, 0.15) is 5.69 Å². The van der Waals surface area contributed by atoms with Crippen molar-refractivity contribution in [3.63, 3.8) is 0 Å². The summed E-state index contributed by atoms with van der Waals surface area (Å²) in [5, 5.41) is 5.05. The van der Waals surface area contributed by atoms with Gasteiger partial charge in [0, 0.05) is 38.8 Å². The van der Waals surface area contributed by atoms with Gasteiger partial charge in [-0.15, -0.1) is 0 Å². The monoisotopic (exact) mass is 515 g/mol. The Balaban J connectivity index is 1.31. The van der Waals surface area contributed by atoms with Crippen molar-refractivity contribution in [1.29, 1.82) is 0 Å². The van der Waals surface area contributed by atoms with E-state index in [0.29, 0.717) is 54.1 Å². The van der Waals surface area contributed by atoms with Crippen molar-refractivity contribution in [2.24, 2.45) is 0 Å². The van der Waals surface area contributed by atoms with Crippen LogP contribution < -0.4 is 10.3 Å². The van der Waals surface area contributed by atoms with Gasteiger partial charge in [-0.05, 0) is 36.4 Å². The van der Waals surface area contributed by atoms with Gasteiger partial charge in [-0.3, -0.25) is 9.69 Å². The fraction of sp³-hybridized carbons (Fsp3) is 0.261. The minimum absolute atomic E-state index is 0.0727. The van der Waals surface area contributed by atoms with Crippen LogP contribution in [0.25, 0.3) is 15.5 Å². The SMILES string of the molecule is COc1ccccc1-c1nn2c(=O)cc(CN3CCN(S(=O)(=O)c4ccc(F)cc4)CC3)nc2s1. The number of methoxy groups -OCH3 is 1. The number of para-hydroxylation sites is 1. The van der Waals surface area contributed by atoms with Gasteiger partial charge in [-0.1, -0.05) is 23.5 Å². The minimum Gasteiger partial charge on any atom is -0.496 e. The number of sulfonamides is 1. The van der Waals surface area contributed by atoms with Gasteiger partial charge >= 0.3 is 0 Å². The number of rotatable bonds is 6. The summed E-state index contributed by atoms with van der Waals surface area (Å²) in [6, 6.07) is 13.7. The second-order valence-corrected chi connectivity index (χ2v) is 10.9. The molecule has 1 saturated heterocycles. The number of aromatic nitrogens is 3. The molecule has 0 saturated carbocycles. The highest BCUT2D eigenvalue weighted by Gasteiger charge is 2.28. The molecule has 182 valence electrons. The van der Waals surface area contributed by atoms with E-state index in [2.05, 4.69) is 15.0 Å². The Bertz CT molecular complexity index is 1530. The van der Waals surface area contributed by atoms with Crippen LogP contribution in [0.15, 0.2) is 64.3 Å². The van der Waals surface area contributed by atoms with Gasteiger partial charge < -0.3 is 4.74 Å². The molecule has 4 aromatic rings. The lowest BCUT2D eigenvalue weighted by atomic mass is 10.2. The molecule has 0 spiro atoms. The van der Waals surface area contributed by atoms with E-state index < -0.39 is 15.8 Å². The zero-order valence-corrected chi connectivity index (χ0v) is 20.4. The highest BCUT2D eigenvalue weighted by Crippen LogP contribution is 2.32. The van der Waals surface area contributed by atoms with Gasteiger partial charge in [-0.25, -0.2) is 17.8 Å². The number of nitrogens with zero attached hydrogens (tertiary/aromatic N) is 5. The van der Waals surface area contributed by atoms with Crippen LogP contribution in [0.2, 0.25) is 0 Å². The first-order valence-corrected chi connectivity index (χ1v) is 13.1. The Hall–Kier alpha value is -3.19. The highest BCUT2D eigenvalue weighted by molar-refractivity contribution is 7.89. The first-order valence-electron chi connectivity index (χ1n) is 10.9. The standard InChI is InChI=1S/C23H22FN5O4S2/c1-33-20-5-3-2-4-19(20)22-26-29-21(30)14-17(25-23(29)34-22)15-27-10-12-28(13-11-27)35(31,32)18-8-6-16(24)7-9-18/h2-9,14H,10-13,15H2,1H3. The van der Waals surface area contributed by atoms with Crippen LogP contribution in [-0.4, -0.2) is 65.5 Å². The molecular weight excluding hydrogens is 493 g/mol. The molecule has 0 aliphatic carbocycles. The van der Waals surface area contributed by atoms with E-state index in [1.807, 2.05) is 24.3 Å². The first-order chi connectivity index (χ1) is 16.8. The smallest absolute Gasteiger partial charge is 0.275 e. The largest absolute Gasteiger partial charge is 0.496 e. The Morgan fingerprint density at radius 3 is 2.49 bits per heavy atom. The van der Waals surface area contributed by atoms with E-state index in [1.54, 1.807) is 7.11 Å². The number of benzene rings is 2. The summed E-state index contributed by atoms with van der Waals surface area (Å²) in [4.78, 5) is 19.9. The Kier molecular flexibility index (Phi) is 6.36. The number of halogens is 1. The molecule has 2 aromatic heterocycles. The third-order valence-electron chi connectivity index (χ3n) is 5.80. The average molecular weight is 516 g/mol. The molecule has 1 fully saturated rings. The highest BCUT2D eigenvalue weighted by atomic mass is 32.2. The van der Waals surface area contributed by atoms with Crippen molar-refractivity contribution in [1.82, 2.24) is 23.8 Å². The van der Waals surface area contributed by atoms with Crippen molar-refractivity contribution in [2.45, 2.75) is 11.4 Å². The maximum absolute atomic E-state index is 13.2. The number of hydrogen-bond acceptors (Lipinski definition) is 8. The second kappa shape index (κ2) is 9.46. The lowest BCUT2D eigenvalue weighted by molar-refractivity contribution is 0.180. The zero-order chi connectivity index (χ0) is 24.6. The molecule has 0 atom stereocenters.